The summed E-state index contributed by atoms with van der Waals surface area (Å²) in [6, 6.07) is 7.41. The molecule has 0 spiro atoms. The molecule has 23 heavy (non-hydrogen) atoms. The molecule has 120 valence electrons. The largest absolute Gasteiger partial charge is 0.505 e. The minimum atomic E-state index is -0.550. The van der Waals surface area contributed by atoms with E-state index in [1.807, 2.05) is 0 Å². The van der Waals surface area contributed by atoms with Crippen LogP contribution in [0.25, 0.3) is 0 Å². The molecule has 0 unspecified atom stereocenters. The van der Waals surface area contributed by atoms with Crippen LogP contribution in [0.2, 0.25) is 0 Å². The number of hydrogen-bond donors (Lipinski definition) is 2. The second-order valence-electron chi connectivity index (χ2n) is 4.76. The Hall–Kier alpha value is -3.00. The standard InChI is InChI=1S/C15H15N3O5/c1-9-3-4-12(14(5-9)18(21)22)16-17-13-7-11(23-2)6-10(8-19)15(13)20/h3-7,19-20H,8H2,1-2H3. The number of aliphatic hydroxyl groups is 1. The highest BCUT2D eigenvalue weighted by Gasteiger charge is 2.14. The first-order chi connectivity index (χ1) is 11.0. The van der Waals surface area contributed by atoms with E-state index >= 15 is 0 Å². The lowest BCUT2D eigenvalue weighted by Gasteiger charge is -2.07. The first-order valence-electron chi connectivity index (χ1n) is 6.63. The Morgan fingerprint density at radius 2 is 1.91 bits per heavy atom. The Morgan fingerprint density at radius 3 is 2.52 bits per heavy atom. The number of aryl methyl sites for hydroxylation is 1. The summed E-state index contributed by atoms with van der Waals surface area (Å²) in [5, 5.41) is 38.0. The Labute approximate surface area is 131 Å². The van der Waals surface area contributed by atoms with Crippen molar-refractivity contribution in [1.29, 1.82) is 0 Å². The number of ether oxygens (including phenoxy) is 1. The van der Waals surface area contributed by atoms with Crippen LogP contribution in [-0.4, -0.2) is 22.2 Å². The number of azo groups is 1. The molecular formula is C15H15N3O5. The molecule has 0 bridgehead atoms. The second kappa shape index (κ2) is 6.84. The van der Waals surface area contributed by atoms with Crippen LogP contribution in [0.15, 0.2) is 40.6 Å². The molecule has 0 amide bonds. The van der Waals surface area contributed by atoms with E-state index < -0.39 is 11.5 Å². The lowest BCUT2D eigenvalue weighted by Crippen LogP contribution is -1.90. The third kappa shape index (κ3) is 3.61. The third-order valence-corrected chi connectivity index (χ3v) is 3.14. The molecule has 0 heterocycles. The number of hydrogen-bond acceptors (Lipinski definition) is 7. The number of rotatable bonds is 5. The number of nitrogens with zero attached hydrogens (tertiary/aromatic N) is 3. The summed E-state index contributed by atoms with van der Waals surface area (Å²) < 4.78 is 5.05. The number of nitro benzene ring substituents is 1. The van der Waals surface area contributed by atoms with Crippen LogP contribution in [0.1, 0.15) is 11.1 Å². The van der Waals surface area contributed by atoms with Crippen LogP contribution in [0.3, 0.4) is 0 Å². The van der Waals surface area contributed by atoms with Gasteiger partial charge in [-0.05, 0) is 24.6 Å². The summed E-state index contributed by atoms with van der Waals surface area (Å²) in [5.74, 6) is 0.117. The van der Waals surface area contributed by atoms with E-state index in [-0.39, 0.29) is 28.4 Å². The van der Waals surface area contributed by atoms with Gasteiger partial charge in [0.25, 0.3) is 5.69 Å². The number of aromatic hydroxyl groups is 1. The van der Waals surface area contributed by atoms with Crippen molar-refractivity contribution in [2.45, 2.75) is 13.5 Å². The smallest absolute Gasteiger partial charge is 0.296 e. The van der Waals surface area contributed by atoms with Gasteiger partial charge in [0.1, 0.15) is 17.2 Å². The third-order valence-electron chi connectivity index (χ3n) is 3.14. The fraction of sp³-hybridized carbons (Fsp3) is 0.200. The molecule has 0 saturated carbocycles. The molecule has 8 heteroatoms. The summed E-state index contributed by atoms with van der Waals surface area (Å²) in [5.41, 5.74) is 0.870. The van der Waals surface area contributed by atoms with E-state index in [2.05, 4.69) is 10.2 Å². The van der Waals surface area contributed by atoms with Gasteiger partial charge >= 0.3 is 0 Å². The molecule has 0 aliphatic rings. The second-order valence-corrected chi connectivity index (χ2v) is 4.76. The fourth-order valence-electron chi connectivity index (χ4n) is 1.94. The molecule has 2 aromatic rings. The predicted octanol–water partition coefficient (Wildman–Crippen LogP) is 3.53. The lowest BCUT2D eigenvalue weighted by atomic mass is 10.1. The number of aliphatic hydroxyl groups excluding tert-OH is 1. The van der Waals surface area contributed by atoms with Gasteiger partial charge in [-0.1, -0.05) is 6.07 Å². The van der Waals surface area contributed by atoms with E-state index in [1.165, 1.54) is 31.4 Å². The topological polar surface area (TPSA) is 118 Å². The van der Waals surface area contributed by atoms with Gasteiger partial charge in [-0.25, -0.2) is 0 Å². The van der Waals surface area contributed by atoms with E-state index in [0.717, 1.165) is 5.56 Å². The van der Waals surface area contributed by atoms with Crippen molar-refractivity contribution in [3.05, 3.63) is 51.6 Å². The van der Waals surface area contributed by atoms with Crippen LogP contribution in [0.5, 0.6) is 11.5 Å². The van der Waals surface area contributed by atoms with Gasteiger partial charge in [0.2, 0.25) is 0 Å². The zero-order valence-corrected chi connectivity index (χ0v) is 12.6. The van der Waals surface area contributed by atoms with Crippen molar-refractivity contribution in [1.82, 2.24) is 0 Å². The van der Waals surface area contributed by atoms with E-state index in [0.29, 0.717) is 5.75 Å². The summed E-state index contributed by atoms with van der Waals surface area (Å²) in [4.78, 5) is 10.5. The number of methoxy groups -OCH3 is 1. The van der Waals surface area contributed by atoms with Crippen molar-refractivity contribution < 1.29 is 19.9 Å². The summed E-state index contributed by atoms with van der Waals surface area (Å²) in [6.45, 7) is 1.32. The number of phenols is 1. The van der Waals surface area contributed by atoms with E-state index in [1.54, 1.807) is 13.0 Å². The van der Waals surface area contributed by atoms with Gasteiger partial charge in [-0.15, -0.1) is 10.2 Å². The van der Waals surface area contributed by atoms with Crippen molar-refractivity contribution in [2.75, 3.05) is 7.11 Å². The van der Waals surface area contributed by atoms with Gasteiger partial charge in [0, 0.05) is 17.7 Å². The lowest BCUT2D eigenvalue weighted by molar-refractivity contribution is -0.384. The van der Waals surface area contributed by atoms with Gasteiger partial charge in [0.05, 0.1) is 18.6 Å². The van der Waals surface area contributed by atoms with Crippen LogP contribution in [0.4, 0.5) is 17.1 Å². The zero-order valence-electron chi connectivity index (χ0n) is 12.6. The van der Waals surface area contributed by atoms with Gasteiger partial charge in [0.15, 0.2) is 5.69 Å². The molecule has 2 N–H and O–H groups in total. The molecule has 0 aliphatic carbocycles. The van der Waals surface area contributed by atoms with Gasteiger partial charge < -0.3 is 14.9 Å². The highest BCUT2D eigenvalue weighted by molar-refractivity contribution is 5.61. The van der Waals surface area contributed by atoms with E-state index in [4.69, 9.17) is 4.74 Å². The molecule has 2 aromatic carbocycles. The van der Waals surface area contributed by atoms with Gasteiger partial charge in [-0.3, -0.25) is 10.1 Å². The molecule has 0 radical (unpaired) electrons. The van der Waals surface area contributed by atoms with Crippen LogP contribution in [0, 0.1) is 17.0 Å². The highest BCUT2D eigenvalue weighted by Crippen LogP contribution is 2.37. The number of nitro groups is 1. The summed E-state index contributed by atoms with van der Waals surface area (Å²) in [7, 11) is 1.43. The summed E-state index contributed by atoms with van der Waals surface area (Å²) >= 11 is 0. The highest BCUT2D eigenvalue weighted by atomic mass is 16.6. The maximum Gasteiger partial charge on any atom is 0.296 e. The molecule has 0 atom stereocenters. The fourth-order valence-corrected chi connectivity index (χ4v) is 1.94. The van der Waals surface area contributed by atoms with Crippen molar-refractivity contribution in [2.24, 2.45) is 10.2 Å². The van der Waals surface area contributed by atoms with E-state index in [9.17, 15) is 20.3 Å². The quantitative estimate of drug-likeness (QED) is 0.497. The number of benzene rings is 2. The minimum Gasteiger partial charge on any atom is -0.505 e. The predicted molar refractivity (Wildman–Crippen MR) is 82.6 cm³/mol. The molecule has 2 rings (SSSR count). The Kier molecular flexibility index (Phi) is 4.87. The SMILES string of the molecule is COc1cc(CO)c(O)c(N=Nc2ccc(C)cc2[N+](=O)[O-])c1. The Bertz CT molecular complexity index is 774. The molecule has 8 nitrogen and oxygen atoms in total. The van der Waals surface area contributed by atoms with Crippen molar-refractivity contribution >= 4 is 17.1 Å². The van der Waals surface area contributed by atoms with Crippen LogP contribution in [-0.2, 0) is 6.61 Å². The zero-order chi connectivity index (χ0) is 17.0. The van der Waals surface area contributed by atoms with Crippen LogP contribution < -0.4 is 4.74 Å². The average molecular weight is 317 g/mol. The monoisotopic (exact) mass is 317 g/mol. The minimum absolute atomic E-state index is 0.0447. The van der Waals surface area contributed by atoms with Gasteiger partial charge in [-0.2, -0.15) is 0 Å². The molecule has 0 fully saturated rings. The van der Waals surface area contributed by atoms with Crippen molar-refractivity contribution in [3.8, 4) is 11.5 Å². The van der Waals surface area contributed by atoms with Crippen molar-refractivity contribution in [3.63, 3.8) is 0 Å². The Morgan fingerprint density at radius 1 is 1.22 bits per heavy atom. The molecule has 0 saturated heterocycles. The first-order valence-corrected chi connectivity index (χ1v) is 6.63. The summed E-state index contributed by atoms with van der Waals surface area (Å²) in [6.07, 6.45) is 0. The Balaban J connectivity index is 2.47. The molecular weight excluding hydrogens is 302 g/mol. The normalized spacial score (nSPS) is 10.9. The molecule has 0 aromatic heterocycles. The maximum atomic E-state index is 11.1. The van der Waals surface area contributed by atoms with Crippen LogP contribution >= 0.6 is 0 Å². The molecule has 0 aliphatic heterocycles. The first kappa shape index (κ1) is 16.4. The average Bonchev–Trinajstić information content (AvgIpc) is 2.54. The maximum absolute atomic E-state index is 11.1.